The minimum absolute atomic E-state index is 0.247. The van der Waals surface area contributed by atoms with Gasteiger partial charge in [0, 0.05) is 18.7 Å². The van der Waals surface area contributed by atoms with Gasteiger partial charge in [0.15, 0.2) is 5.82 Å². The normalized spacial score (nSPS) is 23.4. The summed E-state index contributed by atoms with van der Waals surface area (Å²) in [7, 11) is 0. The van der Waals surface area contributed by atoms with Gasteiger partial charge in [0.05, 0.1) is 18.8 Å². The highest BCUT2D eigenvalue weighted by Crippen LogP contribution is 2.19. The van der Waals surface area contributed by atoms with E-state index in [1.807, 2.05) is 12.1 Å². The molecule has 1 saturated heterocycles. The number of aromatic nitrogens is 2. The summed E-state index contributed by atoms with van der Waals surface area (Å²) in [5.74, 6) is 1.32. The van der Waals surface area contributed by atoms with E-state index in [0.717, 1.165) is 24.5 Å². The van der Waals surface area contributed by atoms with Gasteiger partial charge in [0.1, 0.15) is 0 Å². The Morgan fingerprint density at radius 2 is 2.00 bits per heavy atom. The van der Waals surface area contributed by atoms with Crippen LogP contribution >= 0.6 is 0 Å². The minimum Gasteiger partial charge on any atom is -0.373 e. The van der Waals surface area contributed by atoms with Crippen LogP contribution in [0.4, 0.5) is 0 Å². The lowest BCUT2D eigenvalue weighted by atomic mass is 10.1. The van der Waals surface area contributed by atoms with Crippen molar-refractivity contribution in [2.75, 3.05) is 13.1 Å². The fraction of sp³-hybridized carbons (Fsp3) is 0.500. The van der Waals surface area contributed by atoms with Gasteiger partial charge in [-0.3, -0.25) is 4.90 Å². The van der Waals surface area contributed by atoms with Crippen LogP contribution in [-0.2, 0) is 11.3 Å². The third-order valence-electron chi connectivity index (χ3n) is 3.59. The van der Waals surface area contributed by atoms with Crippen molar-refractivity contribution in [3.8, 4) is 11.5 Å². The monoisotopic (exact) mass is 287 g/mol. The number of rotatable bonds is 3. The Hall–Kier alpha value is -1.72. The summed E-state index contributed by atoms with van der Waals surface area (Å²) in [5.41, 5.74) is 2.15. The molecule has 2 heterocycles. The van der Waals surface area contributed by atoms with Crippen molar-refractivity contribution in [2.24, 2.45) is 0 Å². The smallest absolute Gasteiger partial charge is 0.257 e. The molecule has 0 bridgehead atoms. The molecule has 0 radical (unpaired) electrons. The number of morpholine rings is 1. The third kappa shape index (κ3) is 3.49. The van der Waals surface area contributed by atoms with Crippen molar-refractivity contribution in [1.29, 1.82) is 0 Å². The maximum atomic E-state index is 5.74. The molecule has 3 rings (SSSR count). The molecule has 2 unspecified atom stereocenters. The van der Waals surface area contributed by atoms with Gasteiger partial charge in [-0.25, -0.2) is 0 Å². The Morgan fingerprint density at radius 1 is 1.24 bits per heavy atom. The van der Waals surface area contributed by atoms with Crippen LogP contribution in [0, 0.1) is 6.92 Å². The van der Waals surface area contributed by atoms with E-state index in [4.69, 9.17) is 9.26 Å². The highest BCUT2D eigenvalue weighted by molar-refractivity contribution is 5.53. The van der Waals surface area contributed by atoms with Crippen molar-refractivity contribution in [2.45, 2.75) is 39.5 Å². The summed E-state index contributed by atoms with van der Waals surface area (Å²) in [6, 6.07) is 8.09. The fourth-order valence-corrected chi connectivity index (χ4v) is 2.83. The largest absolute Gasteiger partial charge is 0.373 e. The van der Waals surface area contributed by atoms with Crippen LogP contribution in [0.2, 0.25) is 0 Å². The molecule has 2 aromatic rings. The summed E-state index contributed by atoms with van der Waals surface area (Å²) < 4.78 is 11.1. The highest BCUT2D eigenvalue weighted by Gasteiger charge is 2.23. The third-order valence-corrected chi connectivity index (χ3v) is 3.59. The molecule has 2 atom stereocenters. The summed E-state index contributed by atoms with van der Waals surface area (Å²) in [5, 5.41) is 4.10. The van der Waals surface area contributed by atoms with Crippen molar-refractivity contribution in [3.63, 3.8) is 0 Å². The van der Waals surface area contributed by atoms with Crippen LogP contribution in [0.3, 0.4) is 0 Å². The average molecular weight is 287 g/mol. The lowest BCUT2D eigenvalue weighted by molar-refractivity contribution is -0.0711. The molecule has 1 fully saturated rings. The van der Waals surface area contributed by atoms with Gasteiger partial charge in [-0.1, -0.05) is 22.9 Å². The van der Waals surface area contributed by atoms with Crippen LogP contribution in [0.25, 0.3) is 11.5 Å². The van der Waals surface area contributed by atoms with E-state index in [0.29, 0.717) is 12.4 Å². The second-order valence-electron chi connectivity index (χ2n) is 5.84. The molecule has 1 aromatic heterocycles. The van der Waals surface area contributed by atoms with E-state index in [1.165, 1.54) is 5.56 Å². The van der Waals surface area contributed by atoms with Gasteiger partial charge in [-0.15, -0.1) is 0 Å². The van der Waals surface area contributed by atoms with Crippen molar-refractivity contribution in [1.82, 2.24) is 15.0 Å². The van der Waals surface area contributed by atoms with Crippen LogP contribution in [0.15, 0.2) is 28.8 Å². The number of benzene rings is 1. The summed E-state index contributed by atoms with van der Waals surface area (Å²) in [4.78, 5) is 6.81. The molecular formula is C16H21N3O2. The zero-order valence-electron chi connectivity index (χ0n) is 12.7. The summed E-state index contributed by atoms with van der Waals surface area (Å²) in [6.07, 6.45) is 0.494. The standard InChI is InChI=1S/C16H21N3O2/c1-11-5-4-6-14(7-11)16-17-15(18-21-16)10-19-8-12(2)20-13(3)9-19/h4-7,12-13H,8-10H2,1-3H3. The maximum Gasteiger partial charge on any atom is 0.257 e. The van der Waals surface area contributed by atoms with Crippen molar-refractivity contribution >= 4 is 0 Å². The SMILES string of the molecule is Cc1cccc(-c2nc(CN3CC(C)OC(C)C3)no2)c1. The Labute approximate surface area is 124 Å². The molecule has 1 aliphatic rings. The lowest BCUT2D eigenvalue weighted by Gasteiger charge is -2.34. The Morgan fingerprint density at radius 3 is 2.71 bits per heavy atom. The van der Waals surface area contributed by atoms with Crippen molar-refractivity contribution < 1.29 is 9.26 Å². The number of ether oxygens (including phenoxy) is 1. The van der Waals surface area contributed by atoms with Gasteiger partial charge in [0.25, 0.3) is 5.89 Å². The van der Waals surface area contributed by atoms with E-state index in [1.54, 1.807) is 0 Å². The minimum atomic E-state index is 0.247. The molecule has 21 heavy (non-hydrogen) atoms. The second-order valence-corrected chi connectivity index (χ2v) is 5.84. The zero-order chi connectivity index (χ0) is 14.8. The van der Waals surface area contributed by atoms with E-state index in [9.17, 15) is 0 Å². The van der Waals surface area contributed by atoms with Gasteiger partial charge < -0.3 is 9.26 Å². The first kappa shape index (κ1) is 14.2. The first-order chi connectivity index (χ1) is 10.1. The van der Waals surface area contributed by atoms with Crippen LogP contribution in [0.1, 0.15) is 25.2 Å². The number of hydrogen-bond donors (Lipinski definition) is 0. The van der Waals surface area contributed by atoms with Gasteiger partial charge in [-0.2, -0.15) is 4.98 Å². The topological polar surface area (TPSA) is 51.4 Å². The molecule has 0 amide bonds. The zero-order valence-corrected chi connectivity index (χ0v) is 12.7. The molecule has 0 N–H and O–H groups in total. The van der Waals surface area contributed by atoms with Gasteiger partial charge in [0.2, 0.25) is 0 Å². The number of nitrogens with zero attached hydrogens (tertiary/aromatic N) is 3. The van der Waals surface area contributed by atoms with Crippen molar-refractivity contribution in [3.05, 3.63) is 35.7 Å². The average Bonchev–Trinajstić information content (AvgIpc) is 2.86. The molecule has 1 aliphatic heterocycles. The predicted octanol–water partition coefficient (Wildman–Crippen LogP) is 2.65. The maximum absolute atomic E-state index is 5.74. The lowest BCUT2D eigenvalue weighted by Crippen LogP contribution is -2.44. The Balaban J connectivity index is 1.70. The molecule has 0 saturated carbocycles. The van der Waals surface area contributed by atoms with E-state index in [-0.39, 0.29) is 12.2 Å². The molecule has 5 nitrogen and oxygen atoms in total. The molecular weight excluding hydrogens is 266 g/mol. The van der Waals surface area contributed by atoms with E-state index < -0.39 is 0 Å². The summed E-state index contributed by atoms with van der Waals surface area (Å²) in [6.45, 7) is 8.75. The molecule has 1 aromatic carbocycles. The van der Waals surface area contributed by atoms with Crippen LogP contribution < -0.4 is 0 Å². The predicted molar refractivity (Wildman–Crippen MR) is 79.8 cm³/mol. The second kappa shape index (κ2) is 5.95. The van der Waals surface area contributed by atoms with Gasteiger partial charge >= 0.3 is 0 Å². The molecule has 0 spiro atoms. The van der Waals surface area contributed by atoms with Gasteiger partial charge in [-0.05, 0) is 32.9 Å². The number of aryl methyl sites for hydroxylation is 1. The molecule has 5 heteroatoms. The quantitative estimate of drug-likeness (QED) is 0.868. The molecule has 0 aliphatic carbocycles. The number of hydrogen-bond acceptors (Lipinski definition) is 5. The van der Waals surface area contributed by atoms with Crippen LogP contribution in [-0.4, -0.2) is 40.3 Å². The van der Waals surface area contributed by atoms with E-state index in [2.05, 4.69) is 47.9 Å². The van der Waals surface area contributed by atoms with E-state index >= 15 is 0 Å². The highest BCUT2D eigenvalue weighted by atomic mass is 16.5. The fourth-order valence-electron chi connectivity index (χ4n) is 2.83. The first-order valence-electron chi connectivity index (χ1n) is 7.37. The summed E-state index contributed by atoms with van der Waals surface area (Å²) >= 11 is 0. The molecule has 112 valence electrons. The Bertz CT molecular complexity index is 601. The first-order valence-corrected chi connectivity index (χ1v) is 7.37. The Kier molecular flexibility index (Phi) is 4.03. The van der Waals surface area contributed by atoms with Crippen LogP contribution in [0.5, 0.6) is 0 Å².